The van der Waals surface area contributed by atoms with E-state index >= 15 is 0 Å². The Morgan fingerprint density at radius 2 is 2.00 bits per heavy atom. The minimum Gasteiger partial charge on any atom is -0.447 e. The number of amides is 3. The van der Waals surface area contributed by atoms with Crippen LogP contribution in [-0.4, -0.2) is 61.2 Å². The van der Waals surface area contributed by atoms with Crippen LogP contribution in [-0.2, 0) is 15.7 Å². The Morgan fingerprint density at radius 1 is 1.28 bits per heavy atom. The zero-order chi connectivity index (χ0) is 21.3. The standard InChI is InChI=1S/C17H18F3N3O5S/c1-2-21(16(26)29)8-11-9-23(15(25)28-11)10-3-4-13(12(7-10)17(18,19)20)22-5-6-27-14(22)24/h3-4,7,11H,2,5-6,8-9H2,1H3,(H,26,29)/t11-/m1/s1. The Morgan fingerprint density at radius 3 is 2.55 bits per heavy atom. The normalized spacial score (nSPS) is 19.4. The van der Waals surface area contributed by atoms with E-state index in [0.717, 1.165) is 21.9 Å². The number of nitrogens with zero attached hydrogens (tertiary/aromatic N) is 3. The SMILES string of the molecule is CCN(C[C@@H]1CN(c2ccc(N3CCOC3=O)c(C(F)(F)F)c2)C(=O)O1)C(=O)S. The number of hydrogen-bond acceptors (Lipinski definition) is 5. The molecule has 2 aliphatic heterocycles. The molecule has 2 fully saturated rings. The van der Waals surface area contributed by atoms with Crippen molar-refractivity contribution < 1.29 is 37.0 Å². The number of carbonyl (C=O) groups is 3. The summed E-state index contributed by atoms with van der Waals surface area (Å²) in [4.78, 5) is 38.6. The molecule has 8 nitrogen and oxygen atoms in total. The lowest BCUT2D eigenvalue weighted by Crippen LogP contribution is -2.36. The molecule has 1 aromatic rings. The zero-order valence-corrected chi connectivity index (χ0v) is 16.2. The van der Waals surface area contributed by atoms with Crippen molar-refractivity contribution in [2.45, 2.75) is 19.2 Å². The average Bonchev–Trinajstić information content (AvgIpc) is 3.23. The number of ether oxygens (including phenoxy) is 2. The molecule has 158 valence electrons. The third-order valence-corrected chi connectivity index (χ3v) is 4.88. The van der Waals surface area contributed by atoms with Crippen molar-refractivity contribution >= 4 is 41.4 Å². The minimum absolute atomic E-state index is 0.000299. The van der Waals surface area contributed by atoms with E-state index in [0.29, 0.717) is 6.54 Å². The van der Waals surface area contributed by atoms with E-state index in [2.05, 4.69) is 12.6 Å². The Labute approximate surface area is 169 Å². The van der Waals surface area contributed by atoms with Gasteiger partial charge in [0.05, 0.1) is 30.9 Å². The summed E-state index contributed by atoms with van der Waals surface area (Å²) < 4.78 is 50.7. The Kier molecular flexibility index (Phi) is 5.82. The highest BCUT2D eigenvalue weighted by Gasteiger charge is 2.40. The van der Waals surface area contributed by atoms with Gasteiger partial charge in [0.1, 0.15) is 12.7 Å². The molecule has 3 rings (SSSR count). The fourth-order valence-electron chi connectivity index (χ4n) is 3.18. The quantitative estimate of drug-likeness (QED) is 0.721. The van der Waals surface area contributed by atoms with Crippen LogP contribution in [0.2, 0.25) is 0 Å². The van der Waals surface area contributed by atoms with Crippen LogP contribution in [0.15, 0.2) is 18.2 Å². The van der Waals surface area contributed by atoms with Crippen LogP contribution in [0.25, 0.3) is 0 Å². The van der Waals surface area contributed by atoms with Crippen molar-refractivity contribution in [2.75, 3.05) is 42.6 Å². The fraction of sp³-hybridized carbons (Fsp3) is 0.471. The van der Waals surface area contributed by atoms with Crippen LogP contribution in [0, 0.1) is 0 Å². The highest BCUT2D eigenvalue weighted by molar-refractivity contribution is 7.96. The first-order valence-corrected chi connectivity index (χ1v) is 9.18. The number of thiol groups is 1. The predicted octanol–water partition coefficient (Wildman–Crippen LogP) is 3.36. The van der Waals surface area contributed by atoms with Crippen LogP contribution in [0.4, 0.5) is 38.9 Å². The second kappa shape index (κ2) is 8.01. The number of alkyl halides is 3. The molecule has 0 saturated carbocycles. The van der Waals surface area contributed by atoms with Crippen LogP contribution in [0.3, 0.4) is 0 Å². The predicted molar refractivity (Wildman–Crippen MR) is 99.4 cm³/mol. The third kappa shape index (κ3) is 4.36. The van der Waals surface area contributed by atoms with Crippen molar-refractivity contribution in [1.82, 2.24) is 4.90 Å². The highest BCUT2D eigenvalue weighted by atomic mass is 32.1. The van der Waals surface area contributed by atoms with Gasteiger partial charge in [0.15, 0.2) is 0 Å². The van der Waals surface area contributed by atoms with Crippen molar-refractivity contribution in [3.63, 3.8) is 0 Å². The van der Waals surface area contributed by atoms with E-state index in [1.807, 2.05) is 0 Å². The Hall–Kier alpha value is -2.63. The van der Waals surface area contributed by atoms with E-state index in [4.69, 9.17) is 9.47 Å². The van der Waals surface area contributed by atoms with Gasteiger partial charge in [0.25, 0.3) is 5.24 Å². The first-order valence-electron chi connectivity index (χ1n) is 8.73. The minimum atomic E-state index is -4.76. The Balaban J connectivity index is 1.86. The van der Waals surface area contributed by atoms with Crippen molar-refractivity contribution in [3.05, 3.63) is 23.8 Å². The van der Waals surface area contributed by atoms with Crippen LogP contribution >= 0.6 is 12.6 Å². The maximum Gasteiger partial charge on any atom is 0.418 e. The summed E-state index contributed by atoms with van der Waals surface area (Å²) in [7, 11) is 0. The van der Waals surface area contributed by atoms with E-state index in [9.17, 15) is 27.6 Å². The molecule has 0 N–H and O–H groups in total. The number of hydrogen-bond donors (Lipinski definition) is 1. The monoisotopic (exact) mass is 433 g/mol. The number of halogens is 3. The molecule has 29 heavy (non-hydrogen) atoms. The van der Waals surface area contributed by atoms with E-state index in [-0.39, 0.29) is 37.6 Å². The van der Waals surface area contributed by atoms with E-state index in [1.54, 1.807) is 6.92 Å². The first-order chi connectivity index (χ1) is 13.6. The van der Waals surface area contributed by atoms with Crippen LogP contribution < -0.4 is 9.80 Å². The highest BCUT2D eigenvalue weighted by Crippen LogP contribution is 2.40. The molecular formula is C17H18F3N3O5S. The molecule has 2 aliphatic rings. The van der Waals surface area contributed by atoms with Gasteiger partial charge in [-0.2, -0.15) is 13.2 Å². The number of carbonyl (C=O) groups excluding carboxylic acids is 3. The van der Waals surface area contributed by atoms with Gasteiger partial charge >= 0.3 is 18.4 Å². The number of rotatable bonds is 5. The molecule has 2 saturated heterocycles. The number of cyclic esters (lactones) is 2. The first kappa shape index (κ1) is 21.1. The van der Waals surface area contributed by atoms with Crippen molar-refractivity contribution in [1.29, 1.82) is 0 Å². The molecule has 12 heteroatoms. The van der Waals surface area contributed by atoms with Gasteiger partial charge in [0.2, 0.25) is 0 Å². The molecule has 0 unspecified atom stereocenters. The molecule has 0 aromatic heterocycles. The molecule has 1 atom stereocenters. The van der Waals surface area contributed by atoms with Crippen LogP contribution in [0.5, 0.6) is 0 Å². The third-order valence-electron chi connectivity index (χ3n) is 4.60. The summed E-state index contributed by atoms with van der Waals surface area (Å²) in [5, 5.41) is -0.497. The van der Waals surface area contributed by atoms with Crippen LogP contribution in [0.1, 0.15) is 12.5 Å². The molecule has 0 bridgehead atoms. The summed E-state index contributed by atoms with van der Waals surface area (Å²) >= 11 is 3.73. The average molecular weight is 433 g/mol. The topological polar surface area (TPSA) is 79.4 Å². The zero-order valence-electron chi connectivity index (χ0n) is 15.3. The van der Waals surface area contributed by atoms with Gasteiger partial charge < -0.3 is 14.4 Å². The summed E-state index contributed by atoms with van der Waals surface area (Å²) in [5.41, 5.74) is -1.43. The van der Waals surface area contributed by atoms with Crippen molar-refractivity contribution in [3.8, 4) is 0 Å². The second-order valence-corrected chi connectivity index (χ2v) is 6.79. The maximum atomic E-state index is 13.6. The molecule has 0 spiro atoms. The summed E-state index contributed by atoms with van der Waals surface area (Å²) in [6, 6.07) is 3.23. The molecule has 3 amide bonds. The number of likely N-dealkylation sites (N-methyl/N-ethyl adjacent to an activating group) is 1. The number of anilines is 2. The molecule has 0 aliphatic carbocycles. The van der Waals surface area contributed by atoms with E-state index < -0.39 is 35.3 Å². The van der Waals surface area contributed by atoms with Gasteiger partial charge in [-0.1, -0.05) is 12.6 Å². The largest absolute Gasteiger partial charge is 0.447 e. The van der Waals surface area contributed by atoms with Gasteiger partial charge in [-0.05, 0) is 25.1 Å². The van der Waals surface area contributed by atoms with Gasteiger partial charge in [-0.25, -0.2) is 9.59 Å². The van der Waals surface area contributed by atoms with Gasteiger partial charge in [-0.3, -0.25) is 14.6 Å². The summed E-state index contributed by atoms with van der Waals surface area (Å²) in [5.74, 6) is 0. The molecule has 1 aromatic carbocycles. The second-order valence-electron chi connectivity index (χ2n) is 6.40. The lowest BCUT2D eigenvalue weighted by atomic mass is 10.1. The van der Waals surface area contributed by atoms with E-state index in [1.165, 1.54) is 11.0 Å². The van der Waals surface area contributed by atoms with Crippen molar-refractivity contribution in [2.24, 2.45) is 0 Å². The smallest absolute Gasteiger partial charge is 0.418 e. The van der Waals surface area contributed by atoms with Gasteiger partial charge in [-0.15, -0.1) is 0 Å². The molecular weight excluding hydrogens is 415 g/mol. The number of benzene rings is 1. The summed E-state index contributed by atoms with van der Waals surface area (Å²) in [6.07, 6.45) is -7.14. The summed E-state index contributed by atoms with van der Waals surface area (Å²) in [6.45, 7) is 2.11. The maximum absolute atomic E-state index is 13.6. The van der Waals surface area contributed by atoms with Gasteiger partial charge in [0, 0.05) is 12.2 Å². The Bertz CT molecular complexity index is 835. The molecule has 2 heterocycles. The lowest BCUT2D eigenvalue weighted by molar-refractivity contribution is -0.137. The fourth-order valence-corrected chi connectivity index (χ4v) is 3.41. The lowest BCUT2D eigenvalue weighted by Gasteiger charge is -2.22. The molecule has 0 radical (unpaired) electrons.